The first-order valence-corrected chi connectivity index (χ1v) is 9.78. The van der Waals surface area contributed by atoms with E-state index in [0.717, 1.165) is 15.8 Å². The smallest absolute Gasteiger partial charge is 0.268 e. The van der Waals surface area contributed by atoms with Gasteiger partial charge in [-0.3, -0.25) is 4.79 Å². The van der Waals surface area contributed by atoms with Crippen molar-refractivity contribution in [3.8, 4) is 0 Å². The van der Waals surface area contributed by atoms with Gasteiger partial charge in [-0.25, -0.2) is 0 Å². The highest BCUT2D eigenvalue weighted by Gasteiger charge is 2.52. The van der Waals surface area contributed by atoms with Crippen LogP contribution in [0.25, 0.3) is 10.9 Å². The fourth-order valence-electron chi connectivity index (χ4n) is 3.80. The number of hydrogen-bond donors (Lipinski definition) is 2. The molecular formula is C21H15ClN2O2S. The minimum absolute atomic E-state index is 0.363. The van der Waals surface area contributed by atoms with Gasteiger partial charge in [-0.15, -0.1) is 11.3 Å². The highest BCUT2D eigenvalue weighted by atomic mass is 35.5. The lowest BCUT2D eigenvalue weighted by atomic mass is 9.87. The molecule has 0 bridgehead atoms. The van der Waals surface area contributed by atoms with E-state index in [1.807, 2.05) is 41.8 Å². The van der Waals surface area contributed by atoms with E-state index in [4.69, 9.17) is 11.6 Å². The van der Waals surface area contributed by atoms with Crippen LogP contribution in [0.2, 0.25) is 5.02 Å². The number of amides is 1. The third-order valence-corrected chi connectivity index (χ3v) is 6.16. The molecule has 0 aliphatic carbocycles. The van der Waals surface area contributed by atoms with Crippen LogP contribution >= 0.6 is 22.9 Å². The van der Waals surface area contributed by atoms with Gasteiger partial charge in [0.1, 0.15) is 0 Å². The molecular weight excluding hydrogens is 380 g/mol. The number of thiophene rings is 1. The average Bonchev–Trinajstić information content (AvgIpc) is 3.38. The summed E-state index contributed by atoms with van der Waals surface area (Å²) in [6.45, 7) is 0.412. The lowest BCUT2D eigenvalue weighted by Gasteiger charge is -2.23. The molecule has 2 N–H and O–H groups in total. The highest BCUT2D eigenvalue weighted by molar-refractivity contribution is 7.09. The number of para-hydroxylation sites is 1. The zero-order valence-corrected chi connectivity index (χ0v) is 15.7. The molecule has 4 nitrogen and oxygen atoms in total. The molecule has 4 aromatic rings. The molecule has 0 saturated carbocycles. The SMILES string of the molecule is O=C1N(Cc2cccs2)c2ccc(Cl)cc2[C@]1(O)c1c[nH]c2ccccc12. The van der Waals surface area contributed by atoms with Crippen molar-refractivity contribution in [2.45, 2.75) is 12.1 Å². The van der Waals surface area contributed by atoms with Crippen molar-refractivity contribution in [2.75, 3.05) is 4.90 Å². The number of fused-ring (bicyclic) bond motifs is 2. The molecule has 1 atom stereocenters. The number of aromatic amines is 1. The first kappa shape index (κ1) is 16.6. The summed E-state index contributed by atoms with van der Waals surface area (Å²) >= 11 is 7.80. The molecule has 2 aromatic heterocycles. The number of hydrogen-bond acceptors (Lipinski definition) is 3. The molecule has 134 valence electrons. The van der Waals surface area contributed by atoms with Gasteiger partial charge in [0.15, 0.2) is 5.60 Å². The van der Waals surface area contributed by atoms with E-state index in [1.54, 1.807) is 40.6 Å². The molecule has 0 fully saturated rings. The molecule has 3 heterocycles. The van der Waals surface area contributed by atoms with Gasteiger partial charge in [0.2, 0.25) is 0 Å². The number of anilines is 1. The summed E-state index contributed by atoms with van der Waals surface area (Å²) in [4.78, 5) is 19.3. The molecule has 1 amide bonds. The summed E-state index contributed by atoms with van der Waals surface area (Å²) in [6, 6.07) is 16.8. The quantitative estimate of drug-likeness (QED) is 0.530. The van der Waals surface area contributed by atoms with Gasteiger partial charge in [0.25, 0.3) is 5.91 Å². The van der Waals surface area contributed by atoms with Crippen molar-refractivity contribution in [3.63, 3.8) is 0 Å². The number of aromatic nitrogens is 1. The summed E-state index contributed by atoms with van der Waals surface area (Å²) < 4.78 is 0. The van der Waals surface area contributed by atoms with Gasteiger partial charge in [0.05, 0.1) is 12.2 Å². The van der Waals surface area contributed by atoms with Gasteiger partial charge >= 0.3 is 0 Å². The fraction of sp³-hybridized carbons (Fsp3) is 0.0952. The maximum Gasteiger partial charge on any atom is 0.268 e. The number of nitrogens with one attached hydrogen (secondary N) is 1. The van der Waals surface area contributed by atoms with Gasteiger partial charge in [-0.1, -0.05) is 35.9 Å². The third-order valence-electron chi connectivity index (χ3n) is 5.07. The van der Waals surface area contributed by atoms with Crippen molar-refractivity contribution >= 4 is 45.4 Å². The molecule has 2 aromatic carbocycles. The van der Waals surface area contributed by atoms with E-state index in [1.165, 1.54) is 0 Å². The molecule has 0 radical (unpaired) electrons. The second-order valence-corrected chi connectivity index (χ2v) is 8.06. The largest absolute Gasteiger partial charge is 0.372 e. The standard InChI is InChI=1S/C21H15ClN2O2S/c22-13-7-8-19-16(10-13)21(26,17-11-23-18-6-2-1-5-15(17)18)20(25)24(19)12-14-4-3-9-27-14/h1-11,23,26H,12H2/t21-/m0/s1. The van der Waals surface area contributed by atoms with Gasteiger partial charge in [-0.2, -0.15) is 0 Å². The Bertz CT molecular complexity index is 1170. The predicted molar refractivity (Wildman–Crippen MR) is 108 cm³/mol. The topological polar surface area (TPSA) is 56.3 Å². The highest BCUT2D eigenvalue weighted by Crippen LogP contribution is 2.47. The second kappa shape index (κ2) is 5.96. The average molecular weight is 395 g/mol. The Morgan fingerprint density at radius 3 is 2.78 bits per heavy atom. The van der Waals surface area contributed by atoms with E-state index < -0.39 is 5.60 Å². The maximum absolute atomic E-state index is 13.5. The van der Waals surface area contributed by atoms with E-state index in [-0.39, 0.29) is 5.91 Å². The van der Waals surface area contributed by atoms with E-state index in [2.05, 4.69) is 4.98 Å². The third kappa shape index (κ3) is 2.36. The Hall–Kier alpha value is -2.60. The van der Waals surface area contributed by atoms with Crippen LogP contribution in [0.5, 0.6) is 0 Å². The van der Waals surface area contributed by atoms with E-state index in [0.29, 0.717) is 28.4 Å². The van der Waals surface area contributed by atoms with Crippen molar-refractivity contribution < 1.29 is 9.90 Å². The van der Waals surface area contributed by atoms with Crippen molar-refractivity contribution in [1.29, 1.82) is 0 Å². The van der Waals surface area contributed by atoms with Crippen LogP contribution in [0.3, 0.4) is 0 Å². The van der Waals surface area contributed by atoms with Gasteiger partial charge in [-0.05, 0) is 35.7 Å². The van der Waals surface area contributed by atoms with Crippen molar-refractivity contribution in [3.05, 3.63) is 87.2 Å². The minimum Gasteiger partial charge on any atom is -0.372 e. The molecule has 0 spiro atoms. The Kier molecular flexibility index (Phi) is 3.65. The summed E-state index contributed by atoms with van der Waals surface area (Å²) in [6.07, 6.45) is 1.71. The fourth-order valence-corrected chi connectivity index (χ4v) is 4.66. The normalized spacial score (nSPS) is 19.0. The number of benzene rings is 2. The number of H-pyrrole nitrogens is 1. The lowest BCUT2D eigenvalue weighted by Crippen LogP contribution is -2.40. The Balaban J connectivity index is 1.73. The van der Waals surface area contributed by atoms with Crippen LogP contribution in [0, 0.1) is 0 Å². The molecule has 0 saturated heterocycles. The van der Waals surface area contributed by atoms with Gasteiger partial charge < -0.3 is 15.0 Å². The number of halogens is 1. The van der Waals surface area contributed by atoms with Crippen LogP contribution in [0.15, 0.2) is 66.2 Å². The Morgan fingerprint density at radius 2 is 1.96 bits per heavy atom. The second-order valence-electron chi connectivity index (χ2n) is 6.59. The summed E-state index contributed by atoms with van der Waals surface area (Å²) in [5.41, 5.74) is 0.832. The maximum atomic E-state index is 13.5. The molecule has 27 heavy (non-hydrogen) atoms. The number of aliphatic hydroxyl groups is 1. The predicted octanol–water partition coefficient (Wildman–Crippen LogP) is 4.67. The summed E-state index contributed by atoms with van der Waals surface area (Å²) in [5.74, 6) is -0.363. The van der Waals surface area contributed by atoms with Crippen LogP contribution in [-0.2, 0) is 16.9 Å². The van der Waals surface area contributed by atoms with Crippen LogP contribution in [-0.4, -0.2) is 16.0 Å². The molecule has 1 aliphatic rings. The molecule has 0 unspecified atom stereocenters. The Morgan fingerprint density at radius 1 is 1.11 bits per heavy atom. The van der Waals surface area contributed by atoms with E-state index >= 15 is 0 Å². The number of nitrogens with zero attached hydrogens (tertiary/aromatic N) is 1. The molecule has 5 rings (SSSR count). The summed E-state index contributed by atoms with van der Waals surface area (Å²) in [5, 5.41) is 15.0. The summed E-state index contributed by atoms with van der Waals surface area (Å²) in [7, 11) is 0. The zero-order chi connectivity index (χ0) is 18.6. The van der Waals surface area contributed by atoms with E-state index in [9.17, 15) is 9.90 Å². The first-order valence-electron chi connectivity index (χ1n) is 8.52. The van der Waals surface area contributed by atoms with Gasteiger partial charge in [0, 0.05) is 38.1 Å². The minimum atomic E-state index is -1.78. The zero-order valence-electron chi connectivity index (χ0n) is 14.1. The number of carbonyl (C=O) groups excluding carboxylic acids is 1. The van der Waals surface area contributed by atoms with Crippen molar-refractivity contribution in [1.82, 2.24) is 4.98 Å². The molecule has 1 aliphatic heterocycles. The number of carbonyl (C=O) groups is 1. The molecule has 6 heteroatoms. The Labute approximate surface area is 164 Å². The van der Waals surface area contributed by atoms with Crippen LogP contribution in [0.4, 0.5) is 5.69 Å². The first-order chi connectivity index (χ1) is 13.1. The lowest BCUT2D eigenvalue weighted by molar-refractivity contribution is -0.132. The monoisotopic (exact) mass is 394 g/mol. The van der Waals surface area contributed by atoms with Crippen LogP contribution < -0.4 is 4.90 Å². The van der Waals surface area contributed by atoms with Crippen LogP contribution in [0.1, 0.15) is 16.0 Å². The van der Waals surface area contributed by atoms with Crippen molar-refractivity contribution in [2.24, 2.45) is 0 Å². The number of rotatable bonds is 3.